The van der Waals surface area contributed by atoms with Crippen molar-refractivity contribution in [3.8, 4) is 5.75 Å². The second kappa shape index (κ2) is 4.43. The third kappa shape index (κ3) is 2.17. The highest BCUT2D eigenvalue weighted by Gasteiger charge is 2.46. The van der Waals surface area contributed by atoms with Crippen LogP contribution in [0.4, 0.5) is 10.1 Å². The average molecular weight is 251 g/mol. The van der Waals surface area contributed by atoms with Crippen molar-refractivity contribution in [2.24, 2.45) is 0 Å². The van der Waals surface area contributed by atoms with Crippen LogP contribution in [0.3, 0.4) is 0 Å². The van der Waals surface area contributed by atoms with Gasteiger partial charge in [-0.05, 0) is 31.9 Å². The summed E-state index contributed by atoms with van der Waals surface area (Å²) >= 11 is 0. The lowest BCUT2D eigenvalue weighted by molar-refractivity contribution is 0.258. The minimum absolute atomic E-state index is 0.137. The number of benzene rings is 1. The van der Waals surface area contributed by atoms with Crippen LogP contribution in [0.2, 0.25) is 0 Å². The highest BCUT2D eigenvalue weighted by molar-refractivity contribution is 5.51. The molecule has 0 radical (unpaired) electrons. The van der Waals surface area contributed by atoms with Crippen LogP contribution in [0, 0.1) is 5.82 Å². The summed E-state index contributed by atoms with van der Waals surface area (Å²) in [6.07, 6.45) is 2.00. The molecule has 0 bridgehead atoms. The molecule has 2 aliphatic heterocycles. The average Bonchev–Trinajstić information content (AvgIpc) is 3.11. The van der Waals surface area contributed by atoms with Gasteiger partial charge in [-0.3, -0.25) is 0 Å². The van der Waals surface area contributed by atoms with E-state index in [0.29, 0.717) is 18.0 Å². The van der Waals surface area contributed by atoms with Crippen LogP contribution in [0.1, 0.15) is 19.8 Å². The minimum Gasteiger partial charge on any atom is -0.494 e. The van der Waals surface area contributed by atoms with Gasteiger partial charge >= 0.3 is 0 Å². The Bertz CT molecular complexity index is 435. The molecule has 0 aromatic heterocycles. The predicted molar refractivity (Wildman–Crippen MR) is 67.7 cm³/mol. The van der Waals surface area contributed by atoms with E-state index in [2.05, 4.69) is 4.90 Å². The Morgan fingerprint density at radius 3 is 2.67 bits per heavy atom. The number of ether oxygens (including phenoxy) is 2. The molecule has 98 valence electrons. The minimum atomic E-state index is -0.200. The summed E-state index contributed by atoms with van der Waals surface area (Å²) in [5, 5.41) is 0. The lowest BCUT2D eigenvalue weighted by Crippen LogP contribution is -2.38. The Labute approximate surface area is 106 Å². The number of rotatable bonds is 3. The van der Waals surface area contributed by atoms with Gasteiger partial charge in [-0.2, -0.15) is 0 Å². The number of nitrogens with zero attached hydrogens (tertiary/aromatic N) is 1. The highest BCUT2D eigenvalue weighted by atomic mass is 19.1. The number of anilines is 1. The summed E-state index contributed by atoms with van der Waals surface area (Å²) < 4.78 is 24.8. The number of hydrogen-bond acceptors (Lipinski definition) is 3. The van der Waals surface area contributed by atoms with E-state index in [1.165, 1.54) is 6.07 Å². The summed E-state index contributed by atoms with van der Waals surface area (Å²) in [7, 11) is 0. The van der Waals surface area contributed by atoms with Crippen LogP contribution in [0.25, 0.3) is 0 Å². The summed E-state index contributed by atoms with van der Waals surface area (Å²) in [4.78, 5) is 2.10. The van der Waals surface area contributed by atoms with E-state index in [-0.39, 0.29) is 11.4 Å². The Kier molecular flexibility index (Phi) is 2.90. The Hall–Kier alpha value is -1.29. The number of epoxide rings is 1. The van der Waals surface area contributed by atoms with Crippen molar-refractivity contribution >= 4 is 5.69 Å². The second-order valence-corrected chi connectivity index (χ2v) is 5.00. The van der Waals surface area contributed by atoms with Crippen LogP contribution in [-0.2, 0) is 4.74 Å². The predicted octanol–water partition coefficient (Wildman–Crippen LogP) is 2.59. The highest BCUT2D eigenvalue weighted by Crippen LogP contribution is 2.39. The fraction of sp³-hybridized carbons (Fsp3) is 0.571. The number of hydrogen-bond donors (Lipinski definition) is 0. The molecule has 2 heterocycles. The molecule has 1 aromatic rings. The molecule has 0 amide bonds. The first-order valence-corrected chi connectivity index (χ1v) is 6.54. The van der Waals surface area contributed by atoms with Crippen LogP contribution in [0.15, 0.2) is 18.2 Å². The van der Waals surface area contributed by atoms with Crippen molar-refractivity contribution in [2.75, 3.05) is 31.2 Å². The van der Waals surface area contributed by atoms with Gasteiger partial charge in [0.05, 0.1) is 24.5 Å². The molecule has 4 heteroatoms. The van der Waals surface area contributed by atoms with Gasteiger partial charge in [0, 0.05) is 19.2 Å². The van der Waals surface area contributed by atoms with Gasteiger partial charge in [-0.15, -0.1) is 0 Å². The molecule has 1 spiro atoms. The largest absolute Gasteiger partial charge is 0.494 e. The number of halogens is 1. The molecular formula is C14H18FNO2. The van der Waals surface area contributed by atoms with Gasteiger partial charge in [-0.1, -0.05) is 0 Å². The molecule has 2 saturated heterocycles. The van der Waals surface area contributed by atoms with E-state index in [9.17, 15) is 4.39 Å². The topological polar surface area (TPSA) is 25.0 Å². The van der Waals surface area contributed by atoms with Gasteiger partial charge < -0.3 is 14.4 Å². The summed E-state index contributed by atoms with van der Waals surface area (Å²) in [5.74, 6) is 0.395. The van der Waals surface area contributed by atoms with E-state index < -0.39 is 0 Å². The summed E-state index contributed by atoms with van der Waals surface area (Å²) in [6.45, 7) is 5.07. The van der Waals surface area contributed by atoms with Crippen LogP contribution in [-0.4, -0.2) is 31.9 Å². The maximum absolute atomic E-state index is 14.0. The maximum Gasteiger partial charge on any atom is 0.150 e. The van der Waals surface area contributed by atoms with Gasteiger partial charge in [0.15, 0.2) is 0 Å². The van der Waals surface area contributed by atoms with Crippen molar-refractivity contribution in [3.63, 3.8) is 0 Å². The smallest absolute Gasteiger partial charge is 0.150 e. The molecule has 0 unspecified atom stereocenters. The first-order chi connectivity index (χ1) is 8.72. The molecule has 2 aliphatic rings. The third-order valence-corrected chi connectivity index (χ3v) is 3.80. The van der Waals surface area contributed by atoms with Gasteiger partial charge in [0.1, 0.15) is 11.6 Å². The van der Waals surface area contributed by atoms with Crippen molar-refractivity contribution in [2.45, 2.75) is 25.4 Å². The SMILES string of the molecule is CCOc1ccc(N2CCC3(CC2)CO3)c(F)c1. The molecule has 3 rings (SSSR count). The third-order valence-electron chi connectivity index (χ3n) is 3.80. The van der Waals surface area contributed by atoms with E-state index >= 15 is 0 Å². The first-order valence-electron chi connectivity index (χ1n) is 6.54. The van der Waals surface area contributed by atoms with Gasteiger partial charge in [-0.25, -0.2) is 4.39 Å². The molecule has 0 aliphatic carbocycles. The summed E-state index contributed by atoms with van der Waals surface area (Å²) in [5.41, 5.74) is 0.812. The van der Waals surface area contributed by atoms with E-state index in [1.807, 2.05) is 19.1 Å². The normalized spacial score (nSPS) is 21.1. The van der Waals surface area contributed by atoms with Gasteiger partial charge in [0.2, 0.25) is 0 Å². The standard InChI is InChI=1S/C14H18FNO2/c1-2-17-11-3-4-13(12(15)9-11)16-7-5-14(6-8-16)10-18-14/h3-4,9H,2,5-8,10H2,1H3. The molecule has 18 heavy (non-hydrogen) atoms. The van der Waals surface area contributed by atoms with E-state index in [0.717, 1.165) is 32.5 Å². The monoisotopic (exact) mass is 251 g/mol. The molecule has 0 atom stereocenters. The second-order valence-electron chi connectivity index (χ2n) is 5.00. The molecule has 0 N–H and O–H groups in total. The zero-order valence-electron chi connectivity index (χ0n) is 10.6. The Morgan fingerprint density at radius 1 is 1.39 bits per heavy atom. The lowest BCUT2D eigenvalue weighted by Gasteiger charge is -2.32. The summed E-state index contributed by atoms with van der Waals surface area (Å²) in [6, 6.07) is 5.11. The fourth-order valence-corrected chi connectivity index (χ4v) is 2.55. The van der Waals surface area contributed by atoms with E-state index in [1.54, 1.807) is 0 Å². The van der Waals surface area contributed by atoms with E-state index in [4.69, 9.17) is 9.47 Å². The quantitative estimate of drug-likeness (QED) is 0.772. The number of piperidine rings is 1. The molecule has 1 aromatic carbocycles. The van der Waals surface area contributed by atoms with Crippen molar-refractivity contribution in [1.29, 1.82) is 0 Å². The molecule has 2 fully saturated rings. The Balaban J connectivity index is 1.72. The van der Waals surface area contributed by atoms with Gasteiger partial charge in [0.25, 0.3) is 0 Å². The first kappa shape index (κ1) is 11.8. The zero-order chi connectivity index (χ0) is 12.6. The Morgan fingerprint density at radius 2 is 2.11 bits per heavy atom. The molecular weight excluding hydrogens is 233 g/mol. The van der Waals surface area contributed by atoms with Crippen LogP contribution >= 0.6 is 0 Å². The van der Waals surface area contributed by atoms with Crippen LogP contribution < -0.4 is 9.64 Å². The zero-order valence-corrected chi connectivity index (χ0v) is 10.6. The fourth-order valence-electron chi connectivity index (χ4n) is 2.55. The molecule has 3 nitrogen and oxygen atoms in total. The molecule has 0 saturated carbocycles. The maximum atomic E-state index is 14.0. The van der Waals surface area contributed by atoms with Crippen molar-refractivity contribution < 1.29 is 13.9 Å². The van der Waals surface area contributed by atoms with Crippen LogP contribution in [0.5, 0.6) is 5.75 Å². The van der Waals surface area contributed by atoms with Crippen molar-refractivity contribution in [3.05, 3.63) is 24.0 Å². The lowest BCUT2D eigenvalue weighted by atomic mass is 9.97. The van der Waals surface area contributed by atoms with Crippen molar-refractivity contribution in [1.82, 2.24) is 0 Å².